The number of carbonyl (C=O) groups is 1. The smallest absolute Gasteiger partial charge is 0.253 e. The van der Waals surface area contributed by atoms with Crippen molar-refractivity contribution in [2.24, 2.45) is 0 Å². The number of nitrogens with one attached hydrogen (secondary N) is 2. The zero-order valence-electron chi connectivity index (χ0n) is 20.3. The number of benzene rings is 2. The third-order valence-corrected chi connectivity index (χ3v) is 6.38. The molecule has 4 rings (SSSR count). The van der Waals surface area contributed by atoms with Crippen LogP contribution in [0.15, 0.2) is 47.4 Å². The minimum atomic E-state index is -0.470. The van der Waals surface area contributed by atoms with E-state index in [9.17, 15) is 14.0 Å². The van der Waals surface area contributed by atoms with Crippen LogP contribution in [0.3, 0.4) is 0 Å². The van der Waals surface area contributed by atoms with Gasteiger partial charge in [0.05, 0.1) is 23.2 Å². The number of ether oxygens (including phenoxy) is 1. The van der Waals surface area contributed by atoms with E-state index in [1.807, 2.05) is 44.4 Å². The molecule has 0 aliphatic rings. The fraction of sp³-hybridized carbons (Fsp3) is 0.259. The quantitative estimate of drug-likeness (QED) is 0.348. The molecule has 0 radical (unpaired) electrons. The Hall–Kier alpha value is -3.58. The molecule has 6 nitrogen and oxygen atoms in total. The van der Waals surface area contributed by atoms with Crippen molar-refractivity contribution in [3.63, 3.8) is 0 Å². The summed E-state index contributed by atoms with van der Waals surface area (Å²) in [6.07, 6.45) is 1.80. The van der Waals surface area contributed by atoms with Crippen molar-refractivity contribution in [1.29, 1.82) is 0 Å². The maximum atomic E-state index is 14.0. The van der Waals surface area contributed by atoms with E-state index in [4.69, 9.17) is 16.3 Å². The lowest BCUT2D eigenvalue weighted by Crippen LogP contribution is -2.28. The van der Waals surface area contributed by atoms with Gasteiger partial charge in [0.15, 0.2) is 11.6 Å². The van der Waals surface area contributed by atoms with E-state index < -0.39 is 5.82 Å². The molecule has 2 aromatic heterocycles. The Morgan fingerprint density at radius 3 is 2.57 bits per heavy atom. The maximum Gasteiger partial charge on any atom is 0.253 e. The van der Waals surface area contributed by atoms with Crippen LogP contribution in [-0.4, -0.2) is 22.6 Å². The van der Waals surface area contributed by atoms with E-state index in [2.05, 4.69) is 10.3 Å². The lowest BCUT2D eigenvalue weighted by atomic mass is 9.99. The van der Waals surface area contributed by atoms with Gasteiger partial charge in [-0.05, 0) is 74.7 Å². The van der Waals surface area contributed by atoms with Crippen LogP contribution in [0.4, 0.5) is 4.39 Å². The molecule has 0 aliphatic carbocycles. The summed E-state index contributed by atoms with van der Waals surface area (Å²) in [6, 6.07) is 10.2. The number of aromatic nitrogens is 2. The van der Waals surface area contributed by atoms with E-state index >= 15 is 0 Å². The minimum absolute atomic E-state index is 0.0683. The third-order valence-electron chi connectivity index (χ3n) is 6.09. The van der Waals surface area contributed by atoms with E-state index in [1.54, 1.807) is 24.4 Å². The molecule has 1 amide bonds. The zero-order chi connectivity index (χ0) is 25.4. The molecule has 0 fully saturated rings. The number of carbonyl (C=O) groups excluding carboxylic acids is 1. The molecule has 0 atom stereocenters. The van der Waals surface area contributed by atoms with Gasteiger partial charge in [-0.2, -0.15) is 0 Å². The molecule has 0 saturated carbocycles. The lowest BCUT2D eigenvalue weighted by molar-refractivity contribution is 0.0952. The van der Waals surface area contributed by atoms with Gasteiger partial charge in [-0.1, -0.05) is 17.7 Å². The molecule has 0 unspecified atom stereocenters. The van der Waals surface area contributed by atoms with Crippen molar-refractivity contribution >= 4 is 28.4 Å². The second kappa shape index (κ2) is 9.58. The zero-order valence-corrected chi connectivity index (χ0v) is 21.0. The summed E-state index contributed by atoms with van der Waals surface area (Å²) in [5.41, 5.74) is 4.36. The van der Waals surface area contributed by atoms with E-state index in [1.165, 1.54) is 13.2 Å². The number of amides is 1. The highest BCUT2D eigenvalue weighted by Crippen LogP contribution is 2.36. The number of pyridine rings is 1. The Morgan fingerprint density at radius 2 is 1.91 bits per heavy atom. The van der Waals surface area contributed by atoms with Gasteiger partial charge in [-0.3, -0.25) is 9.59 Å². The van der Waals surface area contributed by atoms with Crippen molar-refractivity contribution in [3.8, 4) is 16.9 Å². The Kier molecular flexibility index (Phi) is 6.72. The molecule has 0 bridgehead atoms. The van der Waals surface area contributed by atoms with Crippen LogP contribution in [-0.2, 0) is 6.54 Å². The number of methoxy groups -OCH3 is 1. The first-order chi connectivity index (χ1) is 16.6. The van der Waals surface area contributed by atoms with Crippen LogP contribution in [0.1, 0.15) is 47.1 Å². The number of H-pyrrole nitrogens is 1. The summed E-state index contributed by atoms with van der Waals surface area (Å²) in [5, 5.41) is 3.94. The number of halogens is 2. The van der Waals surface area contributed by atoms with Crippen molar-refractivity contribution < 1.29 is 13.9 Å². The van der Waals surface area contributed by atoms with Gasteiger partial charge in [-0.25, -0.2) is 4.39 Å². The Balaban J connectivity index is 1.83. The highest BCUT2D eigenvalue weighted by atomic mass is 35.5. The summed E-state index contributed by atoms with van der Waals surface area (Å²) < 4.78 is 21.2. The van der Waals surface area contributed by atoms with Gasteiger partial charge in [0, 0.05) is 35.4 Å². The molecule has 35 heavy (non-hydrogen) atoms. The lowest BCUT2D eigenvalue weighted by Gasteiger charge is -2.14. The fourth-order valence-corrected chi connectivity index (χ4v) is 4.62. The SMILES string of the molecule is COc1cc(-c2cc(C(=O)NCc3c(C)cc(C)[nH]c3=O)c3c(Cl)cn(C(C)C)c3c2)ccc1F. The van der Waals surface area contributed by atoms with Gasteiger partial charge in [0.1, 0.15) is 0 Å². The van der Waals surface area contributed by atoms with E-state index in [-0.39, 0.29) is 29.8 Å². The molecule has 2 N–H and O–H groups in total. The molecule has 0 aliphatic heterocycles. The second-order valence-corrected chi connectivity index (χ2v) is 9.28. The molecule has 182 valence electrons. The highest BCUT2D eigenvalue weighted by Gasteiger charge is 2.20. The number of hydrogen-bond acceptors (Lipinski definition) is 3. The van der Waals surface area contributed by atoms with E-state index in [0.29, 0.717) is 32.7 Å². The summed E-state index contributed by atoms with van der Waals surface area (Å²) in [6.45, 7) is 7.76. The number of aromatic amines is 1. The largest absolute Gasteiger partial charge is 0.494 e. The van der Waals surface area contributed by atoms with Gasteiger partial charge in [0.2, 0.25) is 0 Å². The summed E-state index contributed by atoms with van der Waals surface area (Å²) in [4.78, 5) is 28.6. The minimum Gasteiger partial charge on any atom is -0.494 e. The van der Waals surface area contributed by atoms with Crippen LogP contribution >= 0.6 is 11.6 Å². The summed E-state index contributed by atoms with van der Waals surface area (Å²) in [7, 11) is 1.41. The van der Waals surface area contributed by atoms with Crippen LogP contribution < -0.4 is 15.6 Å². The standard InChI is InChI=1S/C27H27ClFN3O3/c1-14(2)32-13-21(28)25-19(26(33)30-12-20-15(3)8-16(4)31-27(20)34)9-18(10-23(25)32)17-6-7-22(29)24(11-17)35-5/h6-11,13-14H,12H2,1-5H3,(H,30,33)(H,31,34). The predicted octanol–water partition coefficient (Wildman–Crippen LogP) is 5.93. The Morgan fingerprint density at radius 1 is 1.17 bits per heavy atom. The van der Waals surface area contributed by atoms with Gasteiger partial charge in [-0.15, -0.1) is 0 Å². The summed E-state index contributed by atoms with van der Waals surface area (Å²) >= 11 is 6.60. The number of aryl methyl sites for hydroxylation is 2. The molecule has 2 aromatic carbocycles. The first-order valence-electron chi connectivity index (χ1n) is 11.3. The van der Waals surface area contributed by atoms with E-state index in [0.717, 1.165) is 16.8 Å². The second-order valence-electron chi connectivity index (χ2n) is 8.87. The fourth-order valence-electron chi connectivity index (χ4n) is 4.32. The predicted molar refractivity (Wildman–Crippen MR) is 137 cm³/mol. The summed E-state index contributed by atoms with van der Waals surface area (Å²) in [5.74, 6) is -0.726. The van der Waals surface area contributed by atoms with Crippen molar-refractivity contribution in [2.45, 2.75) is 40.3 Å². The molecule has 0 saturated heterocycles. The average Bonchev–Trinajstić information content (AvgIpc) is 3.14. The van der Waals surface area contributed by atoms with Crippen LogP contribution in [0.25, 0.3) is 22.0 Å². The number of fused-ring (bicyclic) bond motifs is 1. The van der Waals surface area contributed by atoms with Crippen LogP contribution in [0.2, 0.25) is 5.02 Å². The third kappa shape index (κ3) is 4.68. The number of nitrogens with zero attached hydrogens (tertiary/aromatic N) is 1. The number of hydrogen-bond donors (Lipinski definition) is 2. The molecule has 0 spiro atoms. The monoisotopic (exact) mass is 495 g/mol. The van der Waals surface area contributed by atoms with Gasteiger partial charge in [0.25, 0.3) is 11.5 Å². The highest BCUT2D eigenvalue weighted by molar-refractivity contribution is 6.37. The topological polar surface area (TPSA) is 76.1 Å². The maximum absolute atomic E-state index is 14.0. The average molecular weight is 496 g/mol. The van der Waals surface area contributed by atoms with Crippen molar-refractivity contribution in [1.82, 2.24) is 14.9 Å². The Labute approximate surface area is 207 Å². The van der Waals surface area contributed by atoms with Crippen molar-refractivity contribution in [3.05, 3.63) is 86.2 Å². The van der Waals surface area contributed by atoms with Crippen LogP contribution in [0, 0.1) is 19.7 Å². The van der Waals surface area contributed by atoms with Gasteiger partial charge >= 0.3 is 0 Å². The molecule has 4 aromatic rings. The molecular formula is C27H27ClFN3O3. The normalized spacial score (nSPS) is 11.3. The van der Waals surface area contributed by atoms with Gasteiger partial charge < -0.3 is 19.6 Å². The Bertz CT molecular complexity index is 1500. The first-order valence-corrected chi connectivity index (χ1v) is 11.6. The molecule has 8 heteroatoms. The molecule has 2 heterocycles. The van der Waals surface area contributed by atoms with Crippen molar-refractivity contribution in [2.75, 3.05) is 7.11 Å². The molecular weight excluding hydrogens is 469 g/mol. The first kappa shape index (κ1) is 24.5. The number of rotatable bonds is 6. The van der Waals surface area contributed by atoms with Crippen LogP contribution in [0.5, 0.6) is 5.75 Å².